The summed E-state index contributed by atoms with van der Waals surface area (Å²) in [5.74, 6) is -0.179. The maximum absolute atomic E-state index is 13.1. The minimum absolute atomic E-state index is 0.0408. The van der Waals surface area contributed by atoms with Gasteiger partial charge in [0.05, 0.1) is 11.3 Å². The minimum Gasteiger partial charge on any atom is -0.434 e. The number of carbonyl (C=O) groups is 1. The van der Waals surface area contributed by atoms with Crippen LogP contribution in [0.4, 0.5) is 22.0 Å². The highest BCUT2D eigenvalue weighted by Crippen LogP contribution is 2.36. The first-order valence-corrected chi connectivity index (χ1v) is 13.0. The maximum atomic E-state index is 13.1. The highest BCUT2D eigenvalue weighted by atomic mass is 32.1. The number of ether oxygens (including phenoxy) is 1. The molecule has 1 aliphatic carbocycles. The number of aliphatic hydroxyl groups is 1. The van der Waals surface area contributed by atoms with Crippen molar-refractivity contribution in [1.82, 2.24) is 15.1 Å². The highest BCUT2D eigenvalue weighted by molar-refractivity contribution is 7.51. The normalized spacial score (nSPS) is 19.3. The van der Waals surface area contributed by atoms with Crippen molar-refractivity contribution < 1.29 is 45.0 Å². The van der Waals surface area contributed by atoms with Gasteiger partial charge in [0.2, 0.25) is 0 Å². The van der Waals surface area contributed by atoms with Gasteiger partial charge in [-0.05, 0) is 69.1 Å². The molecule has 14 heteroatoms. The zero-order chi connectivity index (χ0) is 29.4. The van der Waals surface area contributed by atoms with Crippen LogP contribution in [0.2, 0.25) is 0 Å². The molecule has 1 heterocycles. The Morgan fingerprint density at radius 1 is 1.28 bits per heavy atom. The molecule has 0 bridgehead atoms. The van der Waals surface area contributed by atoms with Gasteiger partial charge >= 0.3 is 24.4 Å². The van der Waals surface area contributed by atoms with E-state index in [0.717, 1.165) is 12.8 Å². The van der Waals surface area contributed by atoms with Crippen molar-refractivity contribution in [3.63, 3.8) is 0 Å². The van der Waals surface area contributed by atoms with E-state index in [1.807, 2.05) is 0 Å². The third kappa shape index (κ3) is 9.67. The molecule has 0 atom stereocenters. The second-order valence-corrected chi connectivity index (χ2v) is 9.92. The quantitative estimate of drug-likeness (QED) is 0.409. The first kappa shape index (κ1) is 32.3. The molecule has 0 unspecified atom stereocenters. The van der Waals surface area contributed by atoms with Crippen molar-refractivity contribution in [2.75, 3.05) is 6.54 Å². The molecule has 3 rings (SSSR count). The van der Waals surface area contributed by atoms with Crippen LogP contribution in [0.15, 0.2) is 18.2 Å². The number of nitrogens with one attached hydrogen (secondary N) is 1. The molecule has 1 aromatic carbocycles. The molecule has 0 aliphatic heterocycles. The van der Waals surface area contributed by atoms with E-state index in [1.165, 1.54) is 16.8 Å². The molecular formula is C25H32F5N3O5S. The number of aromatic nitrogens is 2. The van der Waals surface area contributed by atoms with Crippen LogP contribution < -0.4 is 10.1 Å². The summed E-state index contributed by atoms with van der Waals surface area (Å²) in [6, 6.07) is 4.33. The van der Waals surface area contributed by atoms with Crippen molar-refractivity contribution in [2.45, 2.75) is 77.2 Å². The fourth-order valence-electron chi connectivity index (χ4n) is 4.63. The van der Waals surface area contributed by atoms with Crippen molar-refractivity contribution in [2.24, 2.45) is 13.0 Å². The van der Waals surface area contributed by atoms with E-state index >= 15 is 0 Å². The van der Waals surface area contributed by atoms with E-state index in [0.29, 0.717) is 35.6 Å². The van der Waals surface area contributed by atoms with Gasteiger partial charge < -0.3 is 15.2 Å². The van der Waals surface area contributed by atoms with E-state index in [9.17, 15) is 31.9 Å². The lowest BCUT2D eigenvalue weighted by Gasteiger charge is -2.34. The number of amides is 1. The number of rotatable bonds is 9. The van der Waals surface area contributed by atoms with Gasteiger partial charge in [-0.15, -0.1) is 0 Å². The van der Waals surface area contributed by atoms with Crippen molar-refractivity contribution in [3.05, 3.63) is 35.0 Å². The molecule has 0 saturated heterocycles. The maximum Gasteiger partial charge on any atom is 0.389 e. The van der Waals surface area contributed by atoms with E-state index in [-0.39, 0.29) is 36.4 Å². The van der Waals surface area contributed by atoms with Crippen LogP contribution in [0.3, 0.4) is 0 Å². The van der Waals surface area contributed by atoms with Crippen LogP contribution in [-0.2, 0) is 25.0 Å². The number of hydrogen-bond donors (Lipinski definition) is 2. The van der Waals surface area contributed by atoms with E-state index in [4.69, 9.17) is 8.42 Å². The Labute approximate surface area is 226 Å². The fraction of sp³-hybridized carbons (Fsp3) is 0.600. The lowest BCUT2D eigenvalue weighted by molar-refractivity contribution is -0.135. The van der Waals surface area contributed by atoms with Crippen molar-refractivity contribution in [1.29, 1.82) is 0 Å². The Morgan fingerprint density at radius 3 is 2.46 bits per heavy atom. The van der Waals surface area contributed by atoms with E-state index in [1.54, 1.807) is 20.0 Å². The minimum atomic E-state index is -4.30. The average molecular weight is 582 g/mol. The predicted octanol–water partition coefficient (Wildman–Crippen LogP) is 4.88. The molecule has 0 spiro atoms. The fourth-order valence-corrected chi connectivity index (χ4v) is 4.63. The molecular weight excluding hydrogens is 549 g/mol. The number of hydrogen-bond acceptors (Lipinski definition) is 6. The molecule has 2 N–H and O–H groups in total. The van der Waals surface area contributed by atoms with Gasteiger partial charge in [-0.2, -0.15) is 35.5 Å². The predicted molar refractivity (Wildman–Crippen MR) is 133 cm³/mol. The molecule has 1 aromatic heterocycles. The van der Waals surface area contributed by atoms with Gasteiger partial charge in [0.1, 0.15) is 5.75 Å². The van der Waals surface area contributed by atoms with Crippen LogP contribution in [0.25, 0.3) is 11.3 Å². The third-order valence-corrected chi connectivity index (χ3v) is 6.72. The number of alkyl halides is 5. The van der Waals surface area contributed by atoms with Crippen molar-refractivity contribution >= 4 is 17.5 Å². The number of benzene rings is 1. The largest absolute Gasteiger partial charge is 0.434 e. The van der Waals surface area contributed by atoms with Crippen LogP contribution >= 0.6 is 0 Å². The van der Waals surface area contributed by atoms with Gasteiger partial charge in [0, 0.05) is 31.1 Å². The number of aryl methyl sites for hydroxylation is 2. The second-order valence-electron chi connectivity index (χ2n) is 9.78. The second kappa shape index (κ2) is 14.0. The summed E-state index contributed by atoms with van der Waals surface area (Å²) in [4.78, 5) is 12.9. The van der Waals surface area contributed by atoms with Crippen LogP contribution in [0.5, 0.6) is 5.75 Å². The first-order chi connectivity index (χ1) is 18.2. The molecule has 218 valence electrons. The Bertz CT molecular complexity index is 1160. The van der Waals surface area contributed by atoms with E-state index < -0.39 is 42.3 Å². The number of halogens is 5. The van der Waals surface area contributed by atoms with Gasteiger partial charge in [0.15, 0.2) is 5.69 Å². The van der Waals surface area contributed by atoms with Crippen molar-refractivity contribution in [3.8, 4) is 17.0 Å². The Kier molecular flexibility index (Phi) is 11.6. The zero-order valence-corrected chi connectivity index (χ0v) is 22.6. The van der Waals surface area contributed by atoms with Crippen LogP contribution in [-0.4, -0.2) is 54.1 Å². The monoisotopic (exact) mass is 581 g/mol. The summed E-state index contributed by atoms with van der Waals surface area (Å²) in [6.07, 6.45) is -2.49. The smallest absolute Gasteiger partial charge is 0.389 e. The molecule has 1 saturated carbocycles. The standard InChI is InChI=1S/C25H32F5N3O3.O2S/c1-15-8-11-24(35,12-9-15)14-31-22(34)20-16(2)21(33(3)32-20)18-7-6-17(5-4-10-25(28,29)30)13-19(18)36-23(26)27;1-3-2/h6-7,13,15,23,35H,4-5,8-12,14H2,1-3H3,(H,31,34);. The summed E-state index contributed by atoms with van der Waals surface area (Å²) in [5, 5.41) is 17.8. The van der Waals surface area contributed by atoms with Crippen LogP contribution in [0.1, 0.15) is 67.1 Å². The highest BCUT2D eigenvalue weighted by Gasteiger charge is 2.33. The molecule has 39 heavy (non-hydrogen) atoms. The molecule has 8 nitrogen and oxygen atoms in total. The first-order valence-electron chi connectivity index (χ1n) is 12.3. The SMILES string of the molecule is Cc1c(C(=O)NCC2(O)CCC(C)CC2)nn(C)c1-c1ccc(CCCC(F)(F)F)cc1OC(F)F.O=S=O. The average Bonchev–Trinajstić information content (AvgIpc) is 3.13. The number of carbonyl (C=O) groups excluding carboxylic acids is 1. The molecule has 1 aliphatic rings. The summed E-state index contributed by atoms with van der Waals surface area (Å²) in [6.45, 7) is 0.677. The van der Waals surface area contributed by atoms with Crippen LogP contribution in [0, 0.1) is 12.8 Å². The summed E-state index contributed by atoms with van der Waals surface area (Å²) < 4.78 is 86.3. The van der Waals surface area contributed by atoms with Gasteiger partial charge in [-0.25, -0.2) is 0 Å². The number of nitrogens with zero attached hydrogens (tertiary/aromatic N) is 2. The topological polar surface area (TPSA) is 111 Å². The lowest BCUT2D eigenvalue weighted by atomic mass is 9.79. The summed E-state index contributed by atoms with van der Waals surface area (Å²) in [7, 11) is 1.55. The Hall–Kier alpha value is -2.87. The lowest BCUT2D eigenvalue weighted by Crippen LogP contribution is -2.45. The van der Waals surface area contributed by atoms with E-state index in [2.05, 4.69) is 22.1 Å². The molecule has 0 radical (unpaired) electrons. The Balaban J connectivity index is 0.00000170. The summed E-state index contributed by atoms with van der Waals surface area (Å²) in [5.41, 5.74) is 0.546. The molecule has 1 amide bonds. The molecule has 1 fully saturated rings. The molecule has 2 aromatic rings. The van der Waals surface area contributed by atoms with Gasteiger partial charge in [-0.1, -0.05) is 13.0 Å². The Morgan fingerprint density at radius 2 is 1.90 bits per heavy atom. The van der Waals surface area contributed by atoms with Gasteiger partial charge in [-0.3, -0.25) is 9.48 Å². The third-order valence-electron chi connectivity index (χ3n) is 6.72. The zero-order valence-electron chi connectivity index (χ0n) is 21.8. The summed E-state index contributed by atoms with van der Waals surface area (Å²) >= 11 is -0.750. The van der Waals surface area contributed by atoms with Gasteiger partial charge in [0.25, 0.3) is 5.91 Å².